The van der Waals surface area contributed by atoms with E-state index in [2.05, 4.69) is 64.1 Å². The summed E-state index contributed by atoms with van der Waals surface area (Å²) >= 11 is 0. The van der Waals surface area contributed by atoms with Crippen LogP contribution in [0.5, 0.6) is 0 Å². The molecular weight excluding hydrogens is 240 g/mol. The van der Waals surface area contributed by atoms with Crippen LogP contribution in [0, 0.1) is 27.7 Å². The monoisotopic (exact) mass is 258 g/mol. The zero-order valence-electron chi connectivity index (χ0n) is 12.5. The van der Waals surface area contributed by atoms with E-state index in [0.29, 0.717) is 0 Å². The van der Waals surface area contributed by atoms with E-state index in [1.54, 1.807) is 0 Å². The van der Waals surface area contributed by atoms with Crippen LogP contribution in [0.4, 0.5) is 0 Å². The maximum atomic E-state index is 2.27. The normalized spacial score (nSPS) is 12.0. The number of benzene rings is 4. The summed E-state index contributed by atoms with van der Waals surface area (Å²) in [6.45, 7) is 9.00. The van der Waals surface area contributed by atoms with Crippen LogP contribution in [0.15, 0.2) is 36.4 Å². The van der Waals surface area contributed by atoms with E-state index in [0.717, 1.165) is 0 Å². The molecule has 0 aliphatic heterocycles. The molecule has 0 aromatic heterocycles. The highest BCUT2D eigenvalue weighted by atomic mass is 14.2. The number of hydrogen-bond donors (Lipinski definition) is 0. The molecule has 4 aromatic rings. The molecule has 0 heterocycles. The highest BCUT2D eigenvalue weighted by molar-refractivity contribution is 6.26. The van der Waals surface area contributed by atoms with Crippen molar-refractivity contribution in [2.45, 2.75) is 27.7 Å². The molecule has 4 aromatic carbocycles. The third kappa shape index (κ3) is 1.22. The molecule has 0 spiro atoms. The van der Waals surface area contributed by atoms with Crippen molar-refractivity contribution in [1.82, 2.24) is 0 Å². The van der Waals surface area contributed by atoms with Crippen molar-refractivity contribution in [3.63, 3.8) is 0 Å². The van der Waals surface area contributed by atoms with Gasteiger partial charge in [0.25, 0.3) is 0 Å². The van der Waals surface area contributed by atoms with E-state index in [-0.39, 0.29) is 0 Å². The Hall–Kier alpha value is -2.08. The van der Waals surface area contributed by atoms with Crippen LogP contribution < -0.4 is 0 Å². The fourth-order valence-corrected chi connectivity index (χ4v) is 3.70. The SMILES string of the molecule is Cc1c(C)c2cccc3c(C)c(C)c4cccc1c4c23. The zero-order valence-corrected chi connectivity index (χ0v) is 12.5. The van der Waals surface area contributed by atoms with Gasteiger partial charge < -0.3 is 0 Å². The first-order valence-corrected chi connectivity index (χ1v) is 7.24. The molecule has 0 aliphatic carbocycles. The average Bonchev–Trinajstić information content (AvgIpc) is 2.48. The molecule has 0 saturated carbocycles. The van der Waals surface area contributed by atoms with Gasteiger partial charge in [0.15, 0.2) is 0 Å². The predicted octanol–water partition coefficient (Wildman–Crippen LogP) is 5.82. The van der Waals surface area contributed by atoms with E-state index >= 15 is 0 Å². The van der Waals surface area contributed by atoms with Crippen molar-refractivity contribution in [3.05, 3.63) is 58.7 Å². The molecule has 0 nitrogen and oxygen atoms in total. The molecule has 0 atom stereocenters. The van der Waals surface area contributed by atoms with Gasteiger partial charge in [-0.25, -0.2) is 0 Å². The minimum atomic E-state index is 1.41. The fourth-order valence-electron chi connectivity index (χ4n) is 3.70. The maximum absolute atomic E-state index is 2.27. The van der Waals surface area contributed by atoms with Crippen LogP contribution in [0.3, 0.4) is 0 Å². The van der Waals surface area contributed by atoms with Crippen LogP contribution in [-0.4, -0.2) is 0 Å². The molecule has 4 rings (SSSR count). The summed E-state index contributed by atoms with van der Waals surface area (Å²) in [5.41, 5.74) is 5.66. The summed E-state index contributed by atoms with van der Waals surface area (Å²) < 4.78 is 0. The van der Waals surface area contributed by atoms with Crippen LogP contribution in [-0.2, 0) is 0 Å². The van der Waals surface area contributed by atoms with Gasteiger partial charge in [0, 0.05) is 0 Å². The number of hydrogen-bond acceptors (Lipinski definition) is 0. The second kappa shape index (κ2) is 3.73. The van der Waals surface area contributed by atoms with Crippen molar-refractivity contribution >= 4 is 32.3 Å². The Labute approximate surface area is 119 Å². The second-order valence-electron chi connectivity index (χ2n) is 5.96. The van der Waals surface area contributed by atoms with Gasteiger partial charge in [0.2, 0.25) is 0 Å². The minimum Gasteiger partial charge on any atom is -0.0610 e. The topological polar surface area (TPSA) is 0 Å². The third-order valence-corrected chi connectivity index (χ3v) is 5.12. The molecule has 20 heavy (non-hydrogen) atoms. The van der Waals surface area contributed by atoms with Crippen LogP contribution in [0.25, 0.3) is 32.3 Å². The van der Waals surface area contributed by atoms with Gasteiger partial charge >= 0.3 is 0 Å². The van der Waals surface area contributed by atoms with Gasteiger partial charge in [-0.2, -0.15) is 0 Å². The molecule has 0 aliphatic rings. The average molecular weight is 258 g/mol. The molecule has 98 valence electrons. The smallest absolute Gasteiger partial charge is 0.00211 e. The van der Waals surface area contributed by atoms with Gasteiger partial charge in [-0.3, -0.25) is 0 Å². The molecule has 0 N–H and O–H groups in total. The molecule has 0 fully saturated rings. The Kier molecular flexibility index (Phi) is 2.18. The Bertz CT molecular complexity index is 820. The van der Waals surface area contributed by atoms with Gasteiger partial charge in [-0.1, -0.05) is 36.4 Å². The summed E-state index contributed by atoms with van der Waals surface area (Å²) in [6.07, 6.45) is 0. The molecule has 0 radical (unpaired) electrons. The molecule has 0 amide bonds. The molecule has 0 heteroatoms. The van der Waals surface area contributed by atoms with Crippen molar-refractivity contribution in [2.75, 3.05) is 0 Å². The van der Waals surface area contributed by atoms with Gasteiger partial charge in [0.1, 0.15) is 0 Å². The number of aryl methyl sites for hydroxylation is 4. The Balaban J connectivity index is 2.54. The first-order valence-electron chi connectivity index (χ1n) is 7.24. The lowest BCUT2D eigenvalue weighted by Gasteiger charge is -2.19. The van der Waals surface area contributed by atoms with E-state index in [4.69, 9.17) is 0 Å². The summed E-state index contributed by atoms with van der Waals surface area (Å²) in [7, 11) is 0. The lowest BCUT2D eigenvalue weighted by molar-refractivity contribution is 1.39. The van der Waals surface area contributed by atoms with Gasteiger partial charge in [-0.05, 0) is 82.3 Å². The van der Waals surface area contributed by atoms with Crippen molar-refractivity contribution in [1.29, 1.82) is 0 Å². The van der Waals surface area contributed by atoms with E-state index in [1.165, 1.54) is 54.6 Å². The maximum Gasteiger partial charge on any atom is -0.00211 e. The Morgan fingerprint density at radius 1 is 0.450 bits per heavy atom. The van der Waals surface area contributed by atoms with Gasteiger partial charge in [-0.15, -0.1) is 0 Å². The Morgan fingerprint density at radius 3 is 0.950 bits per heavy atom. The third-order valence-electron chi connectivity index (χ3n) is 5.12. The lowest BCUT2D eigenvalue weighted by atomic mass is 9.85. The second-order valence-corrected chi connectivity index (χ2v) is 5.96. The fraction of sp³-hybridized carbons (Fsp3) is 0.200. The molecule has 0 unspecified atom stereocenters. The van der Waals surface area contributed by atoms with Crippen molar-refractivity contribution in [2.24, 2.45) is 0 Å². The van der Waals surface area contributed by atoms with E-state index in [1.807, 2.05) is 0 Å². The van der Waals surface area contributed by atoms with E-state index in [9.17, 15) is 0 Å². The standard InChI is InChI=1S/C20H18/c1-11-12(2)16-8-6-10-18-14(4)13(3)17-9-5-7-15(11)19(17)20(16)18/h5-10H,1-4H3. The molecule has 0 bridgehead atoms. The minimum absolute atomic E-state index is 1.41. The Morgan fingerprint density at radius 2 is 0.700 bits per heavy atom. The van der Waals surface area contributed by atoms with E-state index < -0.39 is 0 Å². The summed E-state index contributed by atoms with van der Waals surface area (Å²) in [5.74, 6) is 0. The van der Waals surface area contributed by atoms with Crippen LogP contribution in [0.1, 0.15) is 22.3 Å². The molecular formula is C20H18. The predicted molar refractivity (Wildman–Crippen MR) is 89.1 cm³/mol. The first-order chi connectivity index (χ1) is 9.61. The molecule has 0 saturated heterocycles. The highest BCUT2D eigenvalue weighted by Crippen LogP contribution is 2.41. The summed E-state index contributed by atoms with van der Waals surface area (Å²) in [6, 6.07) is 13.5. The van der Waals surface area contributed by atoms with Crippen molar-refractivity contribution in [3.8, 4) is 0 Å². The van der Waals surface area contributed by atoms with Crippen LogP contribution in [0.2, 0.25) is 0 Å². The highest BCUT2D eigenvalue weighted by Gasteiger charge is 2.16. The van der Waals surface area contributed by atoms with Gasteiger partial charge in [0.05, 0.1) is 0 Å². The summed E-state index contributed by atoms with van der Waals surface area (Å²) in [4.78, 5) is 0. The summed E-state index contributed by atoms with van der Waals surface area (Å²) in [5, 5.41) is 8.53. The number of rotatable bonds is 0. The zero-order chi connectivity index (χ0) is 14.0. The quantitative estimate of drug-likeness (QED) is 0.349. The van der Waals surface area contributed by atoms with Crippen molar-refractivity contribution < 1.29 is 0 Å². The largest absolute Gasteiger partial charge is 0.0610 e. The lowest BCUT2D eigenvalue weighted by Crippen LogP contribution is -1.95. The van der Waals surface area contributed by atoms with Crippen LogP contribution >= 0.6 is 0 Å². The first kappa shape index (κ1) is 11.7.